The minimum atomic E-state index is -0.180. The van der Waals surface area contributed by atoms with Crippen LogP contribution >= 0.6 is 23.1 Å². The highest BCUT2D eigenvalue weighted by molar-refractivity contribution is 7.98. The van der Waals surface area contributed by atoms with Crippen molar-refractivity contribution in [1.29, 1.82) is 0 Å². The fourth-order valence-electron chi connectivity index (χ4n) is 2.06. The Morgan fingerprint density at radius 2 is 2.00 bits per heavy atom. The molecular formula is C16H21N3OS2. The first-order chi connectivity index (χ1) is 10.6. The maximum Gasteiger partial charge on any atom is 0.319 e. The van der Waals surface area contributed by atoms with Crippen LogP contribution in [0.2, 0.25) is 0 Å². The SMILES string of the molecule is CSc1ccc(NC(=O)NCC(c2cccs2)N(C)C)cc1. The van der Waals surface area contributed by atoms with Gasteiger partial charge in [0, 0.05) is 22.0 Å². The molecule has 22 heavy (non-hydrogen) atoms. The van der Waals surface area contributed by atoms with Crippen molar-refractivity contribution in [2.45, 2.75) is 10.9 Å². The molecule has 2 N–H and O–H groups in total. The van der Waals surface area contributed by atoms with Gasteiger partial charge >= 0.3 is 6.03 Å². The van der Waals surface area contributed by atoms with Crippen molar-refractivity contribution in [2.75, 3.05) is 32.2 Å². The van der Waals surface area contributed by atoms with Gasteiger partial charge < -0.3 is 15.5 Å². The summed E-state index contributed by atoms with van der Waals surface area (Å²) in [5.41, 5.74) is 0.799. The van der Waals surface area contributed by atoms with Crippen molar-refractivity contribution >= 4 is 34.8 Å². The summed E-state index contributed by atoms with van der Waals surface area (Å²) in [6.45, 7) is 0.572. The number of carbonyl (C=O) groups is 1. The second-order valence-corrected chi connectivity index (χ2v) is 6.92. The Hall–Kier alpha value is -1.50. The number of thiophene rings is 1. The lowest BCUT2D eigenvalue weighted by Gasteiger charge is -2.23. The molecule has 0 aliphatic carbocycles. The van der Waals surface area contributed by atoms with E-state index in [1.807, 2.05) is 50.7 Å². The summed E-state index contributed by atoms with van der Waals surface area (Å²) in [5, 5.41) is 7.85. The average Bonchev–Trinajstić information content (AvgIpc) is 3.02. The maximum atomic E-state index is 12.0. The number of likely N-dealkylation sites (N-methyl/N-ethyl adjacent to an activating group) is 1. The summed E-state index contributed by atoms with van der Waals surface area (Å²) in [6.07, 6.45) is 2.03. The molecule has 6 heteroatoms. The number of amides is 2. The van der Waals surface area contributed by atoms with Crippen LogP contribution in [0.3, 0.4) is 0 Å². The van der Waals surface area contributed by atoms with Gasteiger partial charge in [0.15, 0.2) is 0 Å². The maximum absolute atomic E-state index is 12.0. The smallest absolute Gasteiger partial charge is 0.319 e. The third kappa shape index (κ3) is 4.76. The predicted molar refractivity (Wildman–Crippen MR) is 96.0 cm³/mol. The van der Waals surface area contributed by atoms with Crippen LogP contribution in [-0.2, 0) is 0 Å². The predicted octanol–water partition coefficient (Wildman–Crippen LogP) is 3.89. The molecule has 1 heterocycles. The topological polar surface area (TPSA) is 44.4 Å². The summed E-state index contributed by atoms with van der Waals surface area (Å²) in [5.74, 6) is 0. The Labute approximate surface area is 139 Å². The Kier molecular flexibility index (Phi) is 6.30. The number of rotatable bonds is 6. The van der Waals surface area contributed by atoms with Crippen molar-refractivity contribution in [3.05, 3.63) is 46.7 Å². The number of carbonyl (C=O) groups excluding carboxylic acids is 1. The average molecular weight is 335 g/mol. The van der Waals surface area contributed by atoms with Crippen molar-refractivity contribution in [2.24, 2.45) is 0 Å². The van der Waals surface area contributed by atoms with Gasteiger partial charge in [0.05, 0.1) is 6.04 Å². The van der Waals surface area contributed by atoms with Crippen molar-refractivity contribution < 1.29 is 4.79 Å². The van der Waals surface area contributed by atoms with E-state index in [1.54, 1.807) is 23.1 Å². The van der Waals surface area contributed by atoms with Crippen LogP contribution in [0.4, 0.5) is 10.5 Å². The number of nitrogens with one attached hydrogen (secondary N) is 2. The highest BCUT2D eigenvalue weighted by atomic mass is 32.2. The molecule has 0 spiro atoms. The van der Waals surface area contributed by atoms with Crippen LogP contribution in [0.15, 0.2) is 46.7 Å². The number of thioether (sulfide) groups is 1. The molecule has 0 aliphatic heterocycles. The molecule has 0 bridgehead atoms. The van der Waals surface area contributed by atoms with Crippen LogP contribution in [0.5, 0.6) is 0 Å². The molecule has 1 aromatic heterocycles. The van der Waals surface area contributed by atoms with Crippen LogP contribution in [0.25, 0.3) is 0 Å². The zero-order chi connectivity index (χ0) is 15.9. The Balaban J connectivity index is 1.88. The van der Waals surface area contributed by atoms with Gasteiger partial charge in [-0.25, -0.2) is 4.79 Å². The molecule has 118 valence electrons. The summed E-state index contributed by atoms with van der Waals surface area (Å²) in [6, 6.07) is 11.9. The van der Waals surface area contributed by atoms with Crippen LogP contribution in [0.1, 0.15) is 10.9 Å². The first-order valence-corrected chi connectivity index (χ1v) is 9.09. The van der Waals surface area contributed by atoms with E-state index in [-0.39, 0.29) is 12.1 Å². The van der Waals surface area contributed by atoms with Gasteiger partial charge in [0.2, 0.25) is 0 Å². The fourth-order valence-corrected chi connectivity index (χ4v) is 3.39. The molecule has 2 amide bonds. The van der Waals surface area contributed by atoms with E-state index in [9.17, 15) is 4.79 Å². The highest BCUT2D eigenvalue weighted by Crippen LogP contribution is 2.22. The Morgan fingerprint density at radius 3 is 2.55 bits per heavy atom. The van der Waals surface area contributed by atoms with Gasteiger partial charge in [-0.2, -0.15) is 0 Å². The monoisotopic (exact) mass is 335 g/mol. The van der Waals surface area contributed by atoms with Gasteiger partial charge in [0.25, 0.3) is 0 Å². The summed E-state index contributed by atoms with van der Waals surface area (Å²) in [4.78, 5) is 16.6. The largest absolute Gasteiger partial charge is 0.336 e. The molecule has 2 aromatic rings. The third-order valence-corrected chi connectivity index (χ3v) is 5.02. The molecule has 1 aromatic carbocycles. The minimum absolute atomic E-state index is 0.180. The standard InChI is InChI=1S/C16H21N3OS2/c1-19(2)14(15-5-4-10-22-15)11-17-16(20)18-12-6-8-13(21-3)9-7-12/h4-10,14H,11H2,1-3H3,(H2,17,18,20). The van der Waals surface area contributed by atoms with Crippen LogP contribution < -0.4 is 10.6 Å². The fraction of sp³-hybridized carbons (Fsp3) is 0.312. The van der Waals surface area contributed by atoms with Crippen LogP contribution in [0, 0.1) is 0 Å². The Morgan fingerprint density at radius 1 is 1.27 bits per heavy atom. The van der Waals surface area contributed by atoms with Gasteiger partial charge in [-0.05, 0) is 56.1 Å². The summed E-state index contributed by atoms with van der Waals surface area (Å²) < 4.78 is 0. The first-order valence-electron chi connectivity index (χ1n) is 6.99. The summed E-state index contributed by atoms with van der Waals surface area (Å²) in [7, 11) is 4.04. The molecule has 0 saturated carbocycles. The molecule has 4 nitrogen and oxygen atoms in total. The second-order valence-electron chi connectivity index (χ2n) is 5.06. The lowest BCUT2D eigenvalue weighted by atomic mass is 10.2. The molecule has 2 rings (SSSR count). The number of hydrogen-bond acceptors (Lipinski definition) is 4. The lowest BCUT2D eigenvalue weighted by molar-refractivity contribution is 0.244. The Bertz CT molecular complexity index is 582. The number of hydrogen-bond donors (Lipinski definition) is 2. The number of nitrogens with zero attached hydrogens (tertiary/aromatic N) is 1. The van der Waals surface area contributed by atoms with E-state index in [0.717, 1.165) is 5.69 Å². The van der Waals surface area contributed by atoms with Crippen molar-refractivity contribution in [3.63, 3.8) is 0 Å². The van der Waals surface area contributed by atoms with Crippen molar-refractivity contribution in [3.8, 4) is 0 Å². The van der Waals surface area contributed by atoms with E-state index in [0.29, 0.717) is 6.54 Å². The van der Waals surface area contributed by atoms with E-state index >= 15 is 0 Å². The number of benzene rings is 1. The molecule has 0 radical (unpaired) electrons. The van der Waals surface area contributed by atoms with Gasteiger partial charge in [-0.3, -0.25) is 0 Å². The quantitative estimate of drug-likeness (QED) is 0.787. The van der Waals surface area contributed by atoms with Gasteiger partial charge in [0.1, 0.15) is 0 Å². The van der Waals surface area contributed by atoms with Gasteiger partial charge in [-0.1, -0.05) is 6.07 Å². The first kappa shape index (κ1) is 16.9. The normalized spacial score (nSPS) is 12.2. The van der Waals surface area contributed by atoms with Crippen molar-refractivity contribution in [1.82, 2.24) is 10.2 Å². The van der Waals surface area contributed by atoms with Crippen LogP contribution in [-0.4, -0.2) is 37.8 Å². The summed E-state index contributed by atoms with van der Waals surface area (Å²) >= 11 is 3.38. The second kappa shape index (κ2) is 8.22. The third-order valence-electron chi connectivity index (χ3n) is 3.30. The van der Waals surface area contributed by atoms with E-state index in [1.165, 1.54) is 9.77 Å². The molecule has 0 aliphatic rings. The molecule has 1 unspecified atom stereocenters. The van der Waals surface area contributed by atoms with E-state index < -0.39 is 0 Å². The van der Waals surface area contributed by atoms with E-state index in [4.69, 9.17) is 0 Å². The van der Waals surface area contributed by atoms with E-state index in [2.05, 4.69) is 27.0 Å². The molecule has 1 atom stereocenters. The highest BCUT2D eigenvalue weighted by Gasteiger charge is 2.16. The number of anilines is 1. The zero-order valence-electron chi connectivity index (χ0n) is 13.0. The lowest BCUT2D eigenvalue weighted by Crippen LogP contribution is -2.36. The van der Waals surface area contributed by atoms with Gasteiger partial charge in [-0.15, -0.1) is 23.1 Å². The zero-order valence-corrected chi connectivity index (χ0v) is 14.6. The number of urea groups is 1. The molecule has 0 fully saturated rings. The molecule has 0 saturated heterocycles. The molecular weight excluding hydrogens is 314 g/mol. The minimum Gasteiger partial charge on any atom is -0.336 e.